The Kier molecular flexibility index (Phi) is 6.15. The second kappa shape index (κ2) is 8.28. The number of aliphatic hydroxyl groups excluding tert-OH is 4. The molecule has 1 saturated heterocycles. The number of rotatable bonds is 5. The van der Waals surface area contributed by atoms with Gasteiger partial charge in [0.25, 0.3) is 0 Å². The van der Waals surface area contributed by atoms with Gasteiger partial charge in [0.2, 0.25) is 12.2 Å². The van der Waals surface area contributed by atoms with Gasteiger partial charge in [-0.05, 0) is 24.6 Å². The Balaban J connectivity index is 1.77. The molecular weight excluding hydrogens is 397 g/mol. The van der Waals surface area contributed by atoms with Crippen molar-refractivity contribution in [2.45, 2.75) is 50.2 Å². The third-order valence-electron chi connectivity index (χ3n) is 4.77. The lowest BCUT2D eigenvalue weighted by Gasteiger charge is -2.39. The first-order chi connectivity index (χ1) is 13.6. The minimum absolute atomic E-state index is 0.0201. The highest BCUT2D eigenvalue weighted by Gasteiger charge is 2.45. The van der Waals surface area contributed by atoms with Gasteiger partial charge in [-0.3, -0.25) is 5.10 Å². The summed E-state index contributed by atoms with van der Waals surface area (Å²) in [6.45, 7) is 1.08. The molecule has 0 saturated carbocycles. The minimum atomic E-state index is -4.43. The maximum absolute atomic E-state index is 12.7. The highest BCUT2D eigenvalue weighted by molar-refractivity contribution is 5.36. The second-order valence-electron chi connectivity index (χ2n) is 6.82. The molecule has 0 bridgehead atoms. The number of nitrogens with zero attached hydrogens (tertiary/aromatic N) is 1. The summed E-state index contributed by atoms with van der Waals surface area (Å²) >= 11 is 0. The fraction of sp³-hybridized carbons (Fsp3) is 0.500. The molecule has 160 valence electrons. The van der Waals surface area contributed by atoms with Crippen molar-refractivity contribution < 1.29 is 43.1 Å². The van der Waals surface area contributed by atoms with E-state index < -0.39 is 49.1 Å². The van der Waals surface area contributed by atoms with Crippen molar-refractivity contribution in [3.63, 3.8) is 0 Å². The molecule has 0 amide bonds. The number of nitrogens with one attached hydrogen (secondary N) is 1. The Morgan fingerprint density at radius 2 is 1.76 bits per heavy atom. The zero-order valence-corrected chi connectivity index (χ0v) is 15.3. The van der Waals surface area contributed by atoms with E-state index in [1.54, 1.807) is 6.92 Å². The van der Waals surface area contributed by atoms with E-state index in [2.05, 4.69) is 10.2 Å². The molecule has 5 atom stereocenters. The SMILES string of the molecule is Cc1[nH]nc(O[C@@H]2O[C@H](CO)[C@@H](O)[C@H](O)[C@H]2O)c1Cc1ccc(C(F)(F)F)cc1. The third-order valence-corrected chi connectivity index (χ3v) is 4.77. The van der Waals surface area contributed by atoms with Crippen LogP contribution in [0, 0.1) is 6.92 Å². The average Bonchev–Trinajstić information content (AvgIpc) is 3.01. The van der Waals surface area contributed by atoms with Crippen LogP contribution in [0.1, 0.15) is 22.4 Å². The molecule has 1 aliphatic rings. The molecule has 0 spiro atoms. The van der Waals surface area contributed by atoms with Crippen molar-refractivity contribution in [3.8, 4) is 5.88 Å². The van der Waals surface area contributed by atoms with Gasteiger partial charge in [-0.2, -0.15) is 13.2 Å². The van der Waals surface area contributed by atoms with Gasteiger partial charge in [-0.1, -0.05) is 12.1 Å². The predicted octanol–water partition coefficient (Wildman–Crippen LogP) is 0.506. The summed E-state index contributed by atoms with van der Waals surface area (Å²) in [5, 5.41) is 45.7. The number of hydrogen-bond donors (Lipinski definition) is 5. The summed E-state index contributed by atoms with van der Waals surface area (Å²) in [4.78, 5) is 0. The first kappa shape index (κ1) is 21.5. The first-order valence-corrected chi connectivity index (χ1v) is 8.79. The van der Waals surface area contributed by atoms with Crippen molar-refractivity contribution in [2.24, 2.45) is 0 Å². The minimum Gasteiger partial charge on any atom is -0.443 e. The van der Waals surface area contributed by atoms with E-state index in [1.807, 2.05) is 0 Å². The fourth-order valence-corrected chi connectivity index (χ4v) is 3.03. The van der Waals surface area contributed by atoms with Gasteiger partial charge >= 0.3 is 6.18 Å². The molecule has 1 aromatic carbocycles. The number of halogens is 3. The van der Waals surface area contributed by atoms with Gasteiger partial charge in [0.05, 0.1) is 12.2 Å². The van der Waals surface area contributed by atoms with E-state index in [0.29, 0.717) is 16.8 Å². The Morgan fingerprint density at radius 3 is 2.34 bits per heavy atom. The quantitative estimate of drug-likeness (QED) is 0.479. The molecule has 2 heterocycles. The number of benzene rings is 1. The van der Waals surface area contributed by atoms with Crippen LogP contribution in [0.3, 0.4) is 0 Å². The number of aromatic amines is 1. The van der Waals surface area contributed by atoms with Crippen LogP contribution in [-0.4, -0.2) is 67.9 Å². The Morgan fingerprint density at radius 1 is 1.10 bits per heavy atom. The van der Waals surface area contributed by atoms with Gasteiger partial charge in [0, 0.05) is 17.7 Å². The normalized spacial score (nSPS) is 27.8. The smallest absolute Gasteiger partial charge is 0.416 e. The van der Waals surface area contributed by atoms with E-state index in [4.69, 9.17) is 9.47 Å². The molecule has 2 aromatic rings. The first-order valence-electron chi connectivity index (χ1n) is 8.79. The standard InChI is InChI=1S/C18H21F3N2O6/c1-8-11(6-9-2-4-10(5-3-9)18(19,20)21)16(23-22-8)29-17-15(27)14(26)13(25)12(7-24)28-17/h2-5,12-15,17,24-27H,6-7H2,1H3,(H,22,23)/t12-,13-,14+,15-,17+/m1/s1. The molecule has 5 N–H and O–H groups in total. The Labute approximate surface area is 163 Å². The number of alkyl halides is 3. The number of H-pyrrole nitrogens is 1. The number of aromatic nitrogens is 2. The van der Waals surface area contributed by atoms with E-state index in [0.717, 1.165) is 12.1 Å². The lowest BCUT2D eigenvalue weighted by atomic mass is 9.99. The summed E-state index contributed by atoms with van der Waals surface area (Å²) in [5.41, 5.74) is 0.912. The summed E-state index contributed by atoms with van der Waals surface area (Å²) in [7, 11) is 0. The van der Waals surface area contributed by atoms with Crippen molar-refractivity contribution >= 4 is 0 Å². The van der Waals surface area contributed by atoms with Crippen molar-refractivity contribution in [2.75, 3.05) is 6.61 Å². The summed E-state index contributed by atoms with van der Waals surface area (Å²) < 4.78 is 49.0. The molecule has 1 aromatic heterocycles. The van der Waals surface area contributed by atoms with Crippen LogP contribution in [0.2, 0.25) is 0 Å². The van der Waals surface area contributed by atoms with E-state index in [1.165, 1.54) is 12.1 Å². The highest BCUT2D eigenvalue weighted by Crippen LogP contribution is 2.31. The maximum Gasteiger partial charge on any atom is 0.416 e. The van der Waals surface area contributed by atoms with E-state index in [-0.39, 0.29) is 12.3 Å². The van der Waals surface area contributed by atoms with Crippen LogP contribution in [0.25, 0.3) is 0 Å². The number of aliphatic hydroxyl groups is 4. The molecule has 8 nitrogen and oxygen atoms in total. The zero-order valence-electron chi connectivity index (χ0n) is 15.3. The van der Waals surface area contributed by atoms with E-state index >= 15 is 0 Å². The third kappa shape index (κ3) is 4.54. The topological polar surface area (TPSA) is 128 Å². The molecule has 0 aliphatic carbocycles. The zero-order chi connectivity index (χ0) is 21.3. The summed E-state index contributed by atoms with van der Waals surface area (Å²) in [6, 6.07) is 4.63. The van der Waals surface area contributed by atoms with Crippen LogP contribution in [0.4, 0.5) is 13.2 Å². The Bertz CT molecular complexity index is 824. The largest absolute Gasteiger partial charge is 0.443 e. The van der Waals surface area contributed by atoms with Crippen molar-refractivity contribution in [3.05, 3.63) is 46.6 Å². The Hall–Kier alpha value is -2.18. The molecule has 1 aliphatic heterocycles. The average molecular weight is 418 g/mol. The molecule has 0 unspecified atom stereocenters. The van der Waals surface area contributed by atoms with Crippen LogP contribution < -0.4 is 4.74 Å². The molecule has 1 fully saturated rings. The van der Waals surface area contributed by atoms with Gasteiger partial charge in [-0.15, -0.1) is 5.10 Å². The summed E-state index contributed by atoms with van der Waals surface area (Å²) in [6.07, 6.45) is -11.5. The van der Waals surface area contributed by atoms with Gasteiger partial charge in [-0.25, -0.2) is 0 Å². The lowest BCUT2D eigenvalue weighted by molar-refractivity contribution is -0.278. The summed E-state index contributed by atoms with van der Waals surface area (Å²) in [5.74, 6) is 0.0201. The maximum atomic E-state index is 12.7. The van der Waals surface area contributed by atoms with Crippen LogP contribution >= 0.6 is 0 Å². The number of ether oxygens (including phenoxy) is 2. The monoisotopic (exact) mass is 418 g/mol. The molecule has 0 radical (unpaired) electrons. The van der Waals surface area contributed by atoms with Crippen molar-refractivity contribution in [1.82, 2.24) is 10.2 Å². The molecule has 11 heteroatoms. The van der Waals surface area contributed by atoms with E-state index in [9.17, 15) is 33.6 Å². The molecule has 29 heavy (non-hydrogen) atoms. The molecule has 3 rings (SSSR count). The van der Waals surface area contributed by atoms with Crippen molar-refractivity contribution in [1.29, 1.82) is 0 Å². The second-order valence-corrected chi connectivity index (χ2v) is 6.82. The molecular formula is C18H21F3N2O6. The van der Waals surface area contributed by atoms with Crippen LogP contribution in [-0.2, 0) is 17.3 Å². The number of aryl methyl sites for hydroxylation is 1. The van der Waals surface area contributed by atoms with Crippen LogP contribution in [0.15, 0.2) is 24.3 Å². The fourth-order valence-electron chi connectivity index (χ4n) is 3.03. The predicted molar refractivity (Wildman–Crippen MR) is 92.0 cm³/mol. The van der Waals surface area contributed by atoms with Gasteiger partial charge in [0.1, 0.15) is 24.4 Å². The van der Waals surface area contributed by atoms with Crippen LogP contribution in [0.5, 0.6) is 5.88 Å². The highest BCUT2D eigenvalue weighted by atomic mass is 19.4. The number of hydrogen-bond acceptors (Lipinski definition) is 7. The van der Waals surface area contributed by atoms with Gasteiger partial charge in [0.15, 0.2) is 0 Å². The lowest BCUT2D eigenvalue weighted by Crippen LogP contribution is -2.60. The van der Waals surface area contributed by atoms with Gasteiger partial charge < -0.3 is 29.9 Å².